The van der Waals surface area contributed by atoms with E-state index in [0.29, 0.717) is 6.42 Å². The highest BCUT2D eigenvalue weighted by Gasteiger charge is 2.39. The first-order valence-corrected chi connectivity index (χ1v) is 7.37. The standard InChI is InChI=1S/C14H26O6/c1-2-3-4-5-6-7-12(17)19-9-11(16)14-13(18)10(15)8-20-14/h10-11,13-16,18H,2-9H2,1H3/t10-,11-,13-,14-/m1/s1. The molecule has 6 heteroatoms. The maximum Gasteiger partial charge on any atom is 0.305 e. The molecule has 0 aliphatic carbocycles. The zero-order chi connectivity index (χ0) is 15.0. The van der Waals surface area contributed by atoms with Gasteiger partial charge < -0.3 is 24.8 Å². The molecule has 1 rings (SSSR count). The first-order chi connectivity index (χ1) is 9.56. The van der Waals surface area contributed by atoms with E-state index in [4.69, 9.17) is 9.47 Å². The minimum absolute atomic E-state index is 0.0196. The molecular formula is C14H26O6. The SMILES string of the molecule is CCCCCCCC(=O)OC[C@@H](O)[C@H]1OC[C@@H](O)[C@H]1O. The van der Waals surface area contributed by atoms with Gasteiger partial charge in [-0.05, 0) is 6.42 Å². The molecule has 1 fully saturated rings. The number of carbonyl (C=O) groups excluding carboxylic acids is 1. The van der Waals surface area contributed by atoms with Gasteiger partial charge in [-0.15, -0.1) is 0 Å². The number of esters is 1. The Labute approximate surface area is 119 Å². The second-order valence-electron chi connectivity index (χ2n) is 5.27. The molecule has 118 valence electrons. The third-order valence-corrected chi connectivity index (χ3v) is 3.47. The summed E-state index contributed by atoms with van der Waals surface area (Å²) in [5, 5.41) is 28.6. The zero-order valence-electron chi connectivity index (χ0n) is 12.0. The van der Waals surface area contributed by atoms with Crippen LogP contribution in [0.5, 0.6) is 0 Å². The molecule has 0 amide bonds. The van der Waals surface area contributed by atoms with E-state index >= 15 is 0 Å². The van der Waals surface area contributed by atoms with Crippen molar-refractivity contribution < 1.29 is 29.6 Å². The summed E-state index contributed by atoms with van der Waals surface area (Å²) in [5.41, 5.74) is 0. The van der Waals surface area contributed by atoms with E-state index in [1.165, 1.54) is 6.42 Å². The van der Waals surface area contributed by atoms with Gasteiger partial charge in [0.2, 0.25) is 0 Å². The molecule has 0 aromatic heterocycles. The molecule has 0 bridgehead atoms. The molecule has 6 nitrogen and oxygen atoms in total. The Kier molecular flexibility index (Phi) is 8.06. The minimum Gasteiger partial charge on any atom is -0.463 e. The van der Waals surface area contributed by atoms with Crippen LogP contribution in [0.25, 0.3) is 0 Å². The van der Waals surface area contributed by atoms with E-state index in [9.17, 15) is 20.1 Å². The molecule has 0 spiro atoms. The van der Waals surface area contributed by atoms with E-state index in [2.05, 4.69) is 6.92 Å². The average Bonchev–Trinajstić information content (AvgIpc) is 2.76. The van der Waals surface area contributed by atoms with E-state index in [1.54, 1.807) is 0 Å². The first kappa shape index (κ1) is 17.4. The average molecular weight is 290 g/mol. The molecule has 1 heterocycles. The second-order valence-corrected chi connectivity index (χ2v) is 5.27. The Hall–Kier alpha value is -0.690. The van der Waals surface area contributed by atoms with Crippen molar-refractivity contribution in [2.45, 2.75) is 69.9 Å². The van der Waals surface area contributed by atoms with Gasteiger partial charge in [0.15, 0.2) is 0 Å². The van der Waals surface area contributed by atoms with Crippen molar-refractivity contribution >= 4 is 5.97 Å². The highest BCUT2D eigenvalue weighted by molar-refractivity contribution is 5.69. The normalized spacial score (nSPS) is 27.5. The third-order valence-electron chi connectivity index (χ3n) is 3.47. The Bertz CT molecular complexity index is 283. The predicted molar refractivity (Wildman–Crippen MR) is 72.1 cm³/mol. The van der Waals surface area contributed by atoms with E-state index in [1.807, 2.05) is 0 Å². The largest absolute Gasteiger partial charge is 0.463 e. The zero-order valence-corrected chi connectivity index (χ0v) is 12.0. The highest BCUT2D eigenvalue weighted by Crippen LogP contribution is 2.18. The van der Waals surface area contributed by atoms with Crippen LogP contribution in [-0.4, -0.2) is 58.9 Å². The van der Waals surface area contributed by atoms with Crippen LogP contribution < -0.4 is 0 Å². The topological polar surface area (TPSA) is 96.2 Å². The first-order valence-electron chi connectivity index (χ1n) is 7.37. The number of unbranched alkanes of at least 4 members (excludes halogenated alkanes) is 4. The molecule has 1 saturated heterocycles. The second kappa shape index (κ2) is 9.28. The van der Waals surface area contributed by atoms with Gasteiger partial charge in [0, 0.05) is 6.42 Å². The molecule has 0 saturated carbocycles. The molecule has 1 aliphatic heterocycles. The van der Waals surface area contributed by atoms with Gasteiger partial charge in [-0.2, -0.15) is 0 Å². The lowest BCUT2D eigenvalue weighted by molar-refractivity contribution is -0.151. The van der Waals surface area contributed by atoms with Crippen molar-refractivity contribution in [1.29, 1.82) is 0 Å². The van der Waals surface area contributed by atoms with Gasteiger partial charge in [-0.3, -0.25) is 4.79 Å². The molecular weight excluding hydrogens is 264 g/mol. The summed E-state index contributed by atoms with van der Waals surface area (Å²) in [6.07, 6.45) is 1.42. The number of carbonyl (C=O) groups is 1. The Morgan fingerprint density at radius 1 is 1.30 bits per heavy atom. The van der Waals surface area contributed by atoms with Crippen molar-refractivity contribution in [2.75, 3.05) is 13.2 Å². The summed E-state index contributed by atoms with van der Waals surface area (Å²) >= 11 is 0. The molecule has 0 aromatic rings. The van der Waals surface area contributed by atoms with Gasteiger partial charge >= 0.3 is 5.97 Å². The monoisotopic (exact) mass is 290 g/mol. The molecule has 3 N–H and O–H groups in total. The lowest BCUT2D eigenvalue weighted by Crippen LogP contribution is -2.41. The van der Waals surface area contributed by atoms with Crippen LogP contribution in [0.3, 0.4) is 0 Å². The fourth-order valence-corrected chi connectivity index (χ4v) is 2.18. The van der Waals surface area contributed by atoms with E-state index in [-0.39, 0.29) is 19.2 Å². The van der Waals surface area contributed by atoms with Gasteiger partial charge in [0.25, 0.3) is 0 Å². The maximum absolute atomic E-state index is 11.5. The fraction of sp³-hybridized carbons (Fsp3) is 0.929. The highest BCUT2D eigenvalue weighted by atomic mass is 16.6. The Morgan fingerprint density at radius 2 is 2.00 bits per heavy atom. The Balaban J connectivity index is 2.11. The van der Waals surface area contributed by atoms with E-state index in [0.717, 1.165) is 25.7 Å². The number of aliphatic hydroxyl groups excluding tert-OH is 3. The number of hydrogen-bond donors (Lipinski definition) is 3. The molecule has 0 unspecified atom stereocenters. The van der Waals surface area contributed by atoms with Gasteiger partial charge in [0.1, 0.15) is 31.0 Å². The molecule has 20 heavy (non-hydrogen) atoms. The number of hydrogen-bond acceptors (Lipinski definition) is 6. The summed E-state index contributed by atoms with van der Waals surface area (Å²) in [7, 11) is 0. The van der Waals surface area contributed by atoms with Crippen molar-refractivity contribution in [2.24, 2.45) is 0 Å². The smallest absolute Gasteiger partial charge is 0.305 e. The van der Waals surface area contributed by atoms with Crippen molar-refractivity contribution in [3.8, 4) is 0 Å². The summed E-state index contributed by atoms with van der Waals surface area (Å²) in [5.74, 6) is -0.353. The lowest BCUT2D eigenvalue weighted by Gasteiger charge is -2.20. The van der Waals surface area contributed by atoms with Crippen LogP contribution in [0.4, 0.5) is 0 Å². The summed E-state index contributed by atoms with van der Waals surface area (Å²) < 4.78 is 10.0. The number of rotatable bonds is 9. The van der Waals surface area contributed by atoms with Crippen LogP contribution in [0.2, 0.25) is 0 Å². The molecule has 1 aliphatic rings. The van der Waals surface area contributed by atoms with Crippen molar-refractivity contribution in [3.05, 3.63) is 0 Å². The van der Waals surface area contributed by atoms with Gasteiger partial charge in [0.05, 0.1) is 6.61 Å². The Morgan fingerprint density at radius 3 is 2.60 bits per heavy atom. The van der Waals surface area contributed by atoms with Crippen LogP contribution in [-0.2, 0) is 14.3 Å². The van der Waals surface area contributed by atoms with Gasteiger partial charge in [-0.1, -0.05) is 32.6 Å². The van der Waals surface area contributed by atoms with Crippen molar-refractivity contribution in [1.82, 2.24) is 0 Å². The van der Waals surface area contributed by atoms with Crippen LogP contribution >= 0.6 is 0 Å². The van der Waals surface area contributed by atoms with Crippen molar-refractivity contribution in [3.63, 3.8) is 0 Å². The minimum atomic E-state index is -1.14. The molecule has 0 aromatic carbocycles. The summed E-state index contributed by atoms with van der Waals surface area (Å²) in [4.78, 5) is 11.5. The number of ether oxygens (including phenoxy) is 2. The van der Waals surface area contributed by atoms with Crippen LogP contribution in [0.15, 0.2) is 0 Å². The predicted octanol–water partition coefficient (Wildman–Crippen LogP) is 0.372. The number of aliphatic hydroxyl groups is 3. The molecule has 0 radical (unpaired) electrons. The molecule has 4 atom stereocenters. The maximum atomic E-state index is 11.5. The van der Waals surface area contributed by atoms with E-state index < -0.39 is 24.4 Å². The summed E-state index contributed by atoms with van der Waals surface area (Å²) in [6, 6.07) is 0. The third kappa shape index (κ3) is 5.75. The van der Waals surface area contributed by atoms with Crippen LogP contribution in [0.1, 0.15) is 45.4 Å². The quantitative estimate of drug-likeness (QED) is 0.419. The fourth-order valence-electron chi connectivity index (χ4n) is 2.18. The van der Waals surface area contributed by atoms with Gasteiger partial charge in [-0.25, -0.2) is 0 Å². The van der Waals surface area contributed by atoms with Crippen LogP contribution in [0, 0.1) is 0 Å². The summed E-state index contributed by atoms with van der Waals surface area (Å²) in [6.45, 7) is 1.89. The lowest BCUT2D eigenvalue weighted by atomic mass is 10.1.